The molecule has 0 atom stereocenters. The molecule has 2 aliphatic rings. The van der Waals surface area contributed by atoms with Gasteiger partial charge in [-0.25, -0.2) is 0 Å². The van der Waals surface area contributed by atoms with Crippen LogP contribution in [-0.2, 0) is 9.53 Å². The lowest BCUT2D eigenvalue weighted by Gasteiger charge is -2.26. The highest BCUT2D eigenvalue weighted by Crippen LogP contribution is 2.21. The van der Waals surface area contributed by atoms with Gasteiger partial charge in [-0.2, -0.15) is 0 Å². The van der Waals surface area contributed by atoms with Crippen molar-refractivity contribution in [1.29, 1.82) is 0 Å². The maximum Gasteiger partial charge on any atom is 0.262 e. The van der Waals surface area contributed by atoms with Gasteiger partial charge in [0.2, 0.25) is 5.91 Å². The molecule has 0 spiro atoms. The number of nitrogens with one attached hydrogen (secondary N) is 1. The van der Waals surface area contributed by atoms with E-state index in [0.717, 1.165) is 44.2 Å². The Kier molecular flexibility index (Phi) is 6.92. The van der Waals surface area contributed by atoms with E-state index in [4.69, 9.17) is 4.74 Å². The van der Waals surface area contributed by atoms with E-state index >= 15 is 0 Å². The topological polar surface area (TPSA) is 79.0 Å². The number of rotatable bonds is 6. The fourth-order valence-corrected chi connectivity index (χ4v) is 2.94. The molecule has 3 rings (SSSR count). The fraction of sp³-hybridized carbons (Fsp3) is 0.471. The molecule has 0 aromatic heterocycles. The van der Waals surface area contributed by atoms with Crippen molar-refractivity contribution in [3.8, 4) is 0 Å². The van der Waals surface area contributed by atoms with Crippen LogP contribution in [-0.4, -0.2) is 73.5 Å². The first-order chi connectivity index (χ1) is 11.7. The number of benzene rings is 1. The zero-order valence-electron chi connectivity index (χ0n) is 13.9. The molecular formula is C17H22ClN3O4. The third-order valence-electron chi connectivity index (χ3n) is 4.26. The summed E-state index contributed by atoms with van der Waals surface area (Å²) < 4.78 is 5.28. The van der Waals surface area contributed by atoms with Crippen molar-refractivity contribution in [1.82, 2.24) is 15.1 Å². The zero-order chi connectivity index (χ0) is 16.9. The third-order valence-corrected chi connectivity index (χ3v) is 4.26. The largest absolute Gasteiger partial charge is 0.379 e. The van der Waals surface area contributed by atoms with Gasteiger partial charge in [-0.15, -0.1) is 12.4 Å². The van der Waals surface area contributed by atoms with E-state index in [1.807, 2.05) is 0 Å². The molecule has 8 heteroatoms. The summed E-state index contributed by atoms with van der Waals surface area (Å²) in [5.41, 5.74) is 0.727. The number of imide groups is 1. The Balaban J connectivity index is 0.00000225. The Hall–Kier alpha value is -1.96. The molecule has 25 heavy (non-hydrogen) atoms. The molecule has 2 aliphatic heterocycles. The Labute approximate surface area is 152 Å². The van der Waals surface area contributed by atoms with Gasteiger partial charge in [0.15, 0.2) is 0 Å². The highest BCUT2D eigenvalue weighted by molar-refractivity contribution is 6.22. The highest BCUT2D eigenvalue weighted by Gasteiger charge is 2.36. The number of carbonyl (C=O) groups excluding carboxylic acids is 3. The number of carbonyl (C=O) groups is 3. The maximum absolute atomic E-state index is 12.2. The minimum absolute atomic E-state index is 0. The van der Waals surface area contributed by atoms with Gasteiger partial charge >= 0.3 is 0 Å². The molecule has 0 bridgehead atoms. The van der Waals surface area contributed by atoms with E-state index < -0.39 is 11.8 Å². The average molecular weight is 368 g/mol. The second kappa shape index (κ2) is 8.94. The van der Waals surface area contributed by atoms with Crippen molar-refractivity contribution in [2.24, 2.45) is 0 Å². The molecule has 0 unspecified atom stereocenters. The maximum atomic E-state index is 12.2. The van der Waals surface area contributed by atoms with Gasteiger partial charge < -0.3 is 10.1 Å². The molecule has 3 amide bonds. The molecule has 0 saturated carbocycles. The summed E-state index contributed by atoms with van der Waals surface area (Å²) in [6.07, 6.45) is 0.827. The van der Waals surface area contributed by atoms with Crippen LogP contribution in [0.2, 0.25) is 0 Å². The summed E-state index contributed by atoms with van der Waals surface area (Å²) in [5, 5.41) is 2.77. The van der Waals surface area contributed by atoms with Crippen molar-refractivity contribution < 1.29 is 19.1 Å². The molecule has 1 saturated heterocycles. The summed E-state index contributed by atoms with van der Waals surface area (Å²) in [7, 11) is 0. The van der Waals surface area contributed by atoms with Crippen LogP contribution in [0.1, 0.15) is 27.1 Å². The van der Waals surface area contributed by atoms with Crippen molar-refractivity contribution in [3.63, 3.8) is 0 Å². The van der Waals surface area contributed by atoms with Crippen molar-refractivity contribution in [2.75, 3.05) is 45.9 Å². The van der Waals surface area contributed by atoms with Gasteiger partial charge in [-0.1, -0.05) is 12.1 Å². The molecule has 0 aliphatic carbocycles. The first-order valence-electron chi connectivity index (χ1n) is 8.19. The number of nitrogens with zero attached hydrogens (tertiary/aromatic N) is 2. The number of hydrogen-bond donors (Lipinski definition) is 1. The van der Waals surface area contributed by atoms with Gasteiger partial charge in [-0.05, 0) is 25.1 Å². The molecule has 136 valence electrons. The lowest BCUT2D eigenvalue weighted by molar-refractivity contribution is -0.121. The molecule has 1 aromatic rings. The van der Waals surface area contributed by atoms with Crippen molar-refractivity contribution in [2.45, 2.75) is 6.42 Å². The quantitative estimate of drug-likeness (QED) is 0.586. The van der Waals surface area contributed by atoms with Crippen molar-refractivity contribution >= 4 is 30.1 Å². The number of amides is 3. The van der Waals surface area contributed by atoms with Crippen LogP contribution in [0.15, 0.2) is 24.3 Å². The van der Waals surface area contributed by atoms with Crippen LogP contribution in [0.5, 0.6) is 0 Å². The van der Waals surface area contributed by atoms with Crippen LogP contribution in [0.3, 0.4) is 0 Å². The summed E-state index contributed by atoms with van der Waals surface area (Å²) >= 11 is 0. The summed E-state index contributed by atoms with van der Waals surface area (Å²) in [6, 6.07) is 6.63. The van der Waals surface area contributed by atoms with Gasteiger partial charge in [0.05, 0.1) is 24.3 Å². The van der Waals surface area contributed by atoms with E-state index in [1.54, 1.807) is 24.3 Å². The third kappa shape index (κ3) is 4.56. The lowest BCUT2D eigenvalue weighted by atomic mass is 10.1. The van der Waals surface area contributed by atoms with E-state index in [2.05, 4.69) is 10.2 Å². The normalized spacial score (nSPS) is 17.2. The standard InChI is InChI=1S/C17H21N3O4.ClH/c21-15(18-6-3-7-19-8-10-24-11-9-19)12-20-16(22)13-4-1-2-5-14(13)17(20)23;/h1-2,4-5H,3,6-12H2,(H,18,21);1H. The highest BCUT2D eigenvalue weighted by atomic mass is 35.5. The molecular weight excluding hydrogens is 346 g/mol. The summed E-state index contributed by atoms with van der Waals surface area (Å²) in [6.45, 7) is 4.55. The molecule has 0 radical (unpaired) electrons. The van der Waals surface area contributed by atoms with Crippen molar-refractivity contribution in [3.05, 3.63) is 35.4 Å². The van der Waals surface area contributed by atoms with Crippen LogP contribution < -0.4 is 5.32 Å². The van der Waals surface area contributed by atoms with E-state index in [9.17, 15) is 14.4 Å². The van der Waals surface area contributed by atoms with Crippen LogP contribution in [0.4, 0.5) is 0 Å². The van der Waals surface area contributed by atoms with Crippen LogP contribution in [0, 0.1) is 0 Å². The monoisotopic (exact) mass is 367 g/mol. The first-order valence-corrected chi connectivity index (χ1v) is 8.19. The number of halogens is 1. The molecule has 2 heterocycles. The Morgan fingerprint density at radius 3 is 2.28 bits per heavy atom. The van der Waals surface area contributed by atoms with E-state index in [0.29, 0.717) is 17.7 Å². The Bertz CT molecular complexity index is 612. The van der Waals surface area contributed by atoms with E-state index in [-0.39, 0.29) is 24.9 Å². The number of fused-ring (bicyclic) bond motifs is 1. The Morgan fingerprint density at radius 1 is 1.08 bits per heavy atom. The lowest BCUT2D eigenvalue weighted by Crippen LogP contribution is -2.41. The second-order valence-electron chi connectivity index (χ2n) is 5.90. The predicted octanol–water partition coefficient (Wildman–Crippen LogP) is 0.543. The molecule has 1 fully saturated rings. The fourth-order valence-electron chi connectivity index (χ4n) is 2.94. The van der Waals surface area contributed by atoms with Gasteiger partial charge in [0.1, 0.15) is 6.54 Å². The minimum atomic E-state index is -0.404. The number of morpholine rings is 1. The van der Waals surface area contributed by atoms with Gasteiger partial charge in [0, 0.05) is 19.6 Å². The van der Waals surface area contributed by atoms with Crippen LogP contribution in [0.25, 0.3) is 0 Å². The summed E-state index contributed by atoms with van der Waals surface area (Å²) in [5.74, 6) is -1.12. The smallest absolute Gasteiger partial charge is 0.262 e. The zero-order valence-corrected chi connectivity index (χ0v) is 14.7. The second-order valence-corrected chi connectivity index (χ2v) is 5.90. The first kappa shape index (κ1) is 19.4. The minimum Gasteiger partial charge on any atom is -0.379 e. The van der Waals surface area contributed by atoms with Gasteiger partial charge in [0.25, 0.3) is 11.8 Å². The van der Waals surface area contributed by atoms with Gasteiger partial charge in [-0.3, -0.25) is 24.2 Å². The predicted molar refractivity (Wildman–Crippen MR) is 93.9 cm³/mol. The molecule has 1 N–H and O–H groups in total. The molecule has 7 nitrogen and oxygen atoms in total. The molecule has 1 aromatic carbocycles. The number of hydrogen-bond acceptors (Lipinski definition) is 5. The SMILES string of the molecule is Cl.O=C(CN1C(=O)c2ccccc2C1=O)NCCCN1CCOCC1. The van der Waals surface area contributed by atoms with E-state index in [1.165, 1.54) is 0 Å². The summed E-state index contributed by atoms with van der Waals surface area (Å²) in [4.78, 5) is 39.7. The average Bonchev–Trinajstić information content (AvgIpc) is 2.85. The number of ether oxygens (including phenoxy) is 1. The van der Waals surface area contributed by atoms with Crippen LogP contribution >= 0.6 is 12.4 Å². The Morgan fingerprint density at radius 2 is 1.68 bits per heavy atom.